The molecule has 0 fully saturated rings. The Hall–Kier alpha value is -3.50. The summed E-state index contributed by atoms with van der Waals surface area (Å²) < 4.78 is 0. The highest BCUT2D eigenvalue weighted by Crippen LogP contribution is 2.49. The summed E-state index contributed by atoms with van der Waals surface area (Å²) in [4.78, 5) is 2.36. The van der Waals surface area contributed by atoms with Crippen molar-refractivity contribution in [3.63, 3.8) is 0 Å². The Morgan fingerprint density at radius 2 is 1.45 bits per heavy atom. The van der Waals surface area contributed by atoms with E-state index in [0.717, 1.165) is 41.8 Å². The second kappa shape index (κ2) is 8.45. The van der Waals surface area contributed by atoms with Crippen molar-refractivity contribution in [2.24, 2.45) is 10.2 Å². The number of benzene rings is 4. The summed E-state index contributed by atoms with van der Waals surface area (Å²) in [6, 6.07) is 21.1. The van der Waals surface area contributed by atoms with Crippen molar-refractivity contribution >= 4 is 22.1 Å². The van der Waals surface area contributed by atoms with E-state index in [-0.39, 0.29) is 5.75 Å². The largest absolute Gasteiger partial charge is 0.505 e. The number of hydrogen-bond acceptors (Lipinski definition) is 4. The zero-order valence-corrected chi connectivity index (χ0v) is 19.7. The van der Waals surface area contributed by atoms with Gasteiger partial charge in [-0.2, -0.15) is 0 Å². The topological polar surface area (TPSA) is 48.2 Å². The molecule has 4 heteroatoms. The highest BCUT2D eigenvalue weighted by molar-refractivity contribution is 6.17. The predicted molar refractivity (Wildman–Crippen MR) is 137 cm³/mol. The maximum atomic E-state index is 10.8. The SMILES string of the molecule is CCN(CC)Cc1cc(C)c(O)c(N=Nc2ccc3c4c(cccc24)-c2ccccc2-3)c1C. The lowest BCUT2D eigenvalue weighted by Gasteiger charge is -2.21. The predicted octanol–water partition coefficient (Wildman–Crippen LogP) is 8.07. The third-order valence-electron chi connectivity index (χ3n) is 6.90. The van der Waals surface area contributed by atoms with E-state index >= 15 is 0 Å². The van der Waals surface area contributed by atoms with Gasteiger partial charge >= 0.3 is 0 Å². The molecule has 1 aliphatic rings. The molecule has 1 aliphatic carbocycles. The van der Waals surface area contributed by atoms with Crippen LogP contribution in [-0.4, -0.2) is 23.1 Å². The van der Waals surface area contributed by atoms with Crippen molar-refractivity contribution in [1.29, 1.82) is 0 Å². The molecule has 4 nitrogen and oxygen atoms in total. The monoisotopic (exact) mass is 435 g/mol. The normalized spacial score (nSPS) is 12.3. The molecular weight excluding hydrogens is 406 g/mol. The molecule has 0 aliphatic heterocycles. The number of phenolic OH excluding ortho intramolecular Hbond substituents is 1. The summed E-state index contributed by atoms with van der Waals surface area (Å²) >= 11 is 0. The molecule has 4 aromatic carbocycles. The minimum Gasteiger partial charge on any atom is -0.505 e. The molecule has 0 aromatic heterocycles. The molecule has 5 rings (SSSR count). The van der Waals surface area contributed by atoms with Crippen LogP contribution >= 0.6 is 0 Å². The van der Waals surface area contributed by atoms with E-state index in [0.29, 0.717) is 5.69 Å². The lowest BCUT2D eigenvalue weighted by Crippen LogP contribution is -2.22. The molecule has 0 amide bonds. The van der Waals surface area contributed by atoms with Crippen LogP contribution in [0.25, 0.3) is 33.0 Å². The Kier molecular flexibility index (Phi) is 5.47. The lowest BCUT2D eigenvalue weighted by atomic mass is 10.0. The van der Waals surface area contributed by atoms with E-state index in [1.165, 1.54) is 33.2 Å². The summed E-state index contributed by atoms with van der Waals surface area (Å²) in [7, 11) is 0. The Morgan fingerprint density at radius 1 is 0.788 bits per heavy atom. The number of phenols is 1. The molecule has 166 valence electrons. The van der Waals surface area contributed by atoms with Crippen LogP contribution in [0, 0.1) is 13.8 Å². The van der Waals surface area contributed by atoms with Crippen molar-refractivity contribution in [3.8, 4) is 28.0 Å². The molecule has 33 heavy (non-hydrogen) atoms. The van der Waals surface area contributed by atoms with Crippen LogP contribution in [0.2, 0.25) is 0 Å². The highest BCUT2D eigenvalue weighted by atomic mass is 16.3. The maximum absolute atomic E-state index is 10.8. The summed E-state index contributed by atoms with van der Waals surface area (Å²) in [6.45, 7) is 11.1. The molecule has 0 bridgehead atoms. The fourth-order valence-electron chi connectivity index (χ4n) is 4.91. The van der Waals surface area contributed by atoms with Crippen molar-refractivity contribution in [2.75, 3.05) is 13.1 Å². The Morgan fingerprint density at radius 3 is 2.15 bits per heavy atom. The Bertz CT molecular complexity index is 1370. The number of aryl methyl sites for hydroxylation is 1. The zero-order chi connectivity index (χ0) is 23.1. The lowest BCUT2D eigenvalue weighted by molar-refractivity contribution is 0.295. The first-order chi connectivity index (χ1) is 16.0. The number of hydrogen-bond donors (Lipinski definition) is 1. The molecule has 0 heterocycles. The van der Waals surface area contributed by atoms with Gasteiger partial charge in [0.2, 0.25) is 0 Å². The minimum absolute atomic E-state index is 0.206. The van der Waals surface area contributed by atoms with E-state index in [9.17, 15) is 5.11 Å². The molecular formula is C29H29N3O. The third kappa shape index (κ3) is 3.51. The first kappa shape index (κ1) is 21.4. The highest BCUT2D eigenvalue weighted by Gasteiger charge is 2.22. The summed E-state index contributed by atoms with van der Waals surface area (Å²) in [5.41, 5.74) is 9.37. The van der Waals surface area contributed by atoms with Crippen LogP contribution in [0.4, 0.5) is 11.4 Å². The standard InChI is InChI=1S/C29H29N3O/c1-5-32(6-2)17-20-16-18(3)29(33)28(19(20)4)31-30-26-15-14-24-22-11-8-7-10-21(22)23-12-9-13-25(26)27(23)24/h7-16,33H,5-6,17H2,1-4H3. The smallest absolute Gasteiger partial charge is 0.146 e. The molecule has 1 N–H and O–H groups in total. The van der Waals surface area contributed by atoms with Gasteiger partial charge in [0, 0.05) is 11.9 Å². The van der Waals surface area contributed by atoms with Gasteiger partial charge in [0.25, 0.3) is 0 Å². The van der Waals surface area contributed by atoms with Gasteiger partial charge in [-0.3, -0.25) is 4.90 Å². The second-order valence-corrected chi connectivity index (χ2v) is 8.74. The quantitative estimate of drug-likeness (QED) is 0.274. The first-order valence-corrected chi connectivity index (χ1v) is 11.6. The van der Waals surface area contributed by atoms with Crippen LogP contribution in [0.15, 0.2) is 70.9 Å². The molecule has 0 radical (unpaired) electrons. The molecule has 0 saturated carbocycles. The van der Waals surface area contributed by atoms with Gasteiger partial charge in [0.15, 0.2) is 0 Å². The van der Waals surface area contributed by atoms with Crippen LogP contribution in [-0.2, 0) is 6.54 Å². The van der Waals surface area contributed by atoms with Crippen molar-refractivity contribution in [1.82, 2.24) is 4.90 Å². The Labute approximate surface area is 195 Å². The minimum atomic E-state index is 0.206. The molecule has 0 spiro atoms. The first-order valence-electron chi connectivity index (χ1n) is 11.6. The van der Waals surface area contributed by atoms with Gasteiger partial charge in [0.1, 0.15) is 11.4 Å². The van der Waals surface area contributed by atoms with Crippen LogP contribution in [0.3, 0.4) is 0 Å². The molecule has 0 unspecified atom stereocenters. The molecule has 0 saturated heterocycles. The average molecular weight is 436 g/mol. The van der Waals surface area contributed by atoms with Gasteiger partial charge in [-0.1, -0.05) is 68.4 Å². The fourth-order valence-corrected chi connectivity index (χ4v) is 4.91. The van der Waals surface area contributed by atoms with Crippen molar-refractivity contribution in [3.05, 3.63) is 77.4 Å². The van der Waals surface area contributed by atoms with Gasteiger partial charge in [-0.05, 0) is 77.3 Å². The number of aromatic hydroxyl groups is 1. The van der Waals surface area contributed by atoms with Gasteiger partial charge < -0.3 is 5.11 Å². The van der Waals surface area contributed by atoms with Crippen molar-refractivity contribution < 1.29 is 5.11 Å². The van der Waals surface area contributed by atoms with E-state index in [1.54, 1.807) is 0 Å². The van der Waals surface area contributed by atoms with E-state index < -0.39 is 0 Å². The fraction of sp³-hybridized carbons (Fsp3) is 0.241. The van der Waals surface area contributed by atoms with E-state index in [1.807, 2.05) is 19.9 Å². The summed E-state index contributed by atoms with van der Waals surface area (Å²) in [5.74, 6) is 0.206. The van der Waals surface area contributed by atoms with Crippen LogP contribution in [0.5, 0.6) is 5.75 Å². The van der Waals surface area contributed by atoms with Crippen molar-refractivity contribution in [2.45, 2.75) is 34.2 Å². The van der Waals surface area contributed by atoms with Gasteiger partial charge in [-0.15, -0.1) is 10.2 Å². The Balaban J connectivity index is 1.60. The number of fused-ring (bicyclic) bond motifs is 3. The van der Waals surface area contributed by atoms with Gasteiger partial charge in [-0.25, -0.2) is 0 Å². The number of azo groups is 1. The van der Waals surface area contributed by atoms with Crippen LogP contribution in [0.1, 0.15) is 30.5 Å². The zero-order valence-electron chi connectivity index (χ0n) is 19.7. The van der Waals surface area contributed by atoms with Gasteiger partial charge in [0.05, 0.1) is 5.69 Å². The van der Waals surface area contributed by atoms with E-state index in [4.69, 9.17) is 0 Å². The maximum Gasteiger partial charge on any atom is 0.146 e. The second-order valence-electron chi connectivity index (χ2n) is 8.74. The van der Waals surface area contributed by atoms with Crippen LogP contribution < -0.4 is 0 Å². The number of rotatable bonds is 6. The molecule has 4 aromatic rings. The third-order valence-corrected chi connectivity index (χ3v) is 6.90. The molecule has 0 atom stereocenters. The number of nitrogens with zero attached hydrogens (tertiary/aromatic N) is 3. The van der Waals surface area contributed by atoms with E-state index in [2.05, 4.69) is 83.6 Å². The summed E-state index contributed by atoms with van der Waals surface area (Å²) in [6.07, 6.45) is 0. The summed E-state index contributed by atoms with van der Waals surface area (Å²) in [5, 5.41) is 22.3. The average Bonchev–Trinajstić information content (AvgIpc) is 3.17.